The number of carbonyl (C=O) groups excluding carboxylic acids is 2. The lowest BCUT2D eigenvalue weighted by Crippen LogP contribution is -2.52. The van der Waals surface area contributed by atoms with Crippen molar-refractivity contribution in [3.05, 3.63) is 0 Å². The van der Waals surface area contributed by atoms with Crippen molar-refractivity contribution in [1.29, 1.82) is 0 Å². The number of hydrogen-bond donors (Lipinski definition) is 2. The van der Waals surface area contributed by atoms with Crippen LogP contribution in [0, 0.1) is 11.8 Å². The summed E-state index contributed by atoms with van der Waals surface area (Å²) in [6.45, 7) is 6.10. The molecule has 0 bridgehead atoms. The standard InChI is InChI=1S/C16H28N4O2/c21-15-11-18-7-10-20(15)12-16(22)19-8-3-14(4-9-19)13-1-5-17-6-2-13/h13-14,17-18H,1-12H2. The highest BCUT2D eigenvalue weighted by Crippen LogP contribution is 2.30. The van der Waals surface area contributed by atoms with Crippen LogP contribution in [0.2, 0.25) is 0 Å². The summed E-state index contributed by atoms with van der Waals surface area (Å²) < 4.78 is 0. The quantitative estimate of drug-likeness (QED) is 0.748. The van der Waals surface area contributed by atoms with Gasteiger partial charge in [-0.25, -0.2) is 0 Å². The lowest BCUT2D eigenvalue weighted by atomic mass is 9.79. The first-order valence-corrected chi connectivity index (χ1v) is 8.71. The number of rotatable bonds is 3. The summed E-state index contributed by atoms with van der Waals surface area (Å²) in [5.41, 5.74) is 0. The fourth-order valence-electron chi connectivity index (χ4n) is 4.01. The molecule has 6 heteroatoms. The Hall–Kier alpha value is -1.14. The van der Waals surface area contributed by atoms with Crippen LogP contribution in [0.3, 0.4) is 0 Å². The minimum absolute atomic E-state index is 0.0455. The van der Waals surface area contributed by atoms with Gasteiger partial charge in [-0.05, 0) is 50.6 Å². The highest BCUT2D eigenvalue weighted by Gasteiger charge is 2.30. The Labute approximate surface area is 132 Å². The van der Waals surface area contributed by atoms with E-state index in [9.17, 15) is 9.59 Å². The first-order chi connectivity index (χ1) is 10.7. The molecule has 2 amide bonds. The predicted molar refractivity (Wildman–Crippen MR) is 84.3 cm³/mol. The third-order valence-corrected chi connectivity index (χ3v) is 5.46. The van der Waals surface area contributed by atoms with E-state index in [-0.39, 0.29) is 18.4 Å². The predicted octanol–water partition coefficient (Wildman–Crippen LogP) is -0.344. The Morgan fingerprint density at radius 1 is 0.955 bits per heavy atom. The van der Waals surface area contributed by atoms with E-state index in [1.165, 1.54) is 12.8 Å². The number of likely N-dealkylation sites (tertiary alicyclic amines) is 1. The van der Waals surface area contributed by atoms with Gasteiger partial charge in [0, 0.05) is 26.2 Å². The molecule has 0 unspecified atom stereocenters. The third kappa shape index (κ3) is 3.79. The minimum atomic E-state index is 0.0455. The Bertz CT molecular complexity index is 401. The van der Waals surface area contributed by atoms with Gasteiger partial charge in [0.15, 0.2) is 0 Å². The van der Waals surface area contributed by atoms with Crippen LogP contribution >= 0.6 is 0 Å². The number of nitrogens with zero attached hydrogens (tertiary/aromatic N) is 2. The topological polar surface area (TPSA) is 64.7 Å². The number of amides is 2. The Morgan fingerprint density at radius 3 is 2.32 bits per heavy atom. The van der Waals surface area contributed by atoms with Gasteiger partial charge in [0.1, 0.15) is 0 Å². The van der Waals surface area contributed by atoms with Gasteiger partial charge in [-0.2, -0.15) is 0 Å². The van der Waals surface area contributed by atoms with Crippen LogP contribution in [0.5, 0.6) is 0 Å². The molecule has 3 aliphatic heterocycles. The van der Waals surface area contributed by atoms with E-state index < -0.39 is 0 Å². The molecule has 3 fully saturated rings. The van der Waals surface area contributed by atoms with E-state index in [2.05, 4.69) is 10.6 Å². The Balaban J connectivity index is 1.44. The summed E-state index contributed by atoms with van der Waals surface area (Å²) in [6.07, 6.45) is 4.83. The van der Waals surface area contributed by atoms with Crippen LogP contribution in [-0.4, -0.2) is 74.0 Å². The number of carbonyl (C=O) groups is 2. The highest BCUT2D eigenvalue weighted by atomic mass is 16.2. The van der Waals surface area contributed by atoms with E-state index >= 15 is 0 Å². The monoisotopic (exact) mass is 308 g/mol. The lowest BCUT2D eigenvalue weighted by Gasteiger charge is -2.38. The summed E-state index contributed by atoms with van der Waals surface area (Å²) in [6, 6.07) is 0. The van der Waals surface area contributed by atoms with E-state index in [0.29, 0.717) is 13.1 Å². The highest BCUT2D eigenvalue weighted by molar-refractivity contribution is 5.86. The van der Waals surface area contributed by atoms with Crippen LogP contribution in [0.4, 0.5) is 0 Å². The van der Waals surface area contributed by atoms with Gasteiger partial charge in [0.2, 0.25) is 11.8 Å². The van der Waals surface area contributed by atoms with Crippen molar-refractivity contribution in [3.63, 3.8) is 0 Å². The molecule has 22 heavy (non-hydrogen) atoms. The number of piperazine rings is 1. The minimum Gasteiger partial charge on any atom is -0.341 e. The Morgan fingerprint density at radius 2 is 1.64 bits per heavy atom. The molecule has 0 aromatic carbocycles. The molecule has 3 rings (SSSR count). The third-order valence-electron chi connectivity index (χ3n) is 5.46. The van der Waals surface area contributed by atoms with Crippen molar-refractivity contribution in [1.82, 2.24) is 20.4 Å². The van der Waals surface area contributed by atoms with E-state index in [1.54, 1.807) is 4.90 Å². The second kappa shape index (κ2) is 7.42. The van der Waals surface area contributed by atoms with Gasteiger partial charge in [0.05, 0.1) is 13.1 Å². The zero-order valence-corrected chi connectivity index (χ0v) is 13.4. The van der Waals surface area contributed by atoms with Crippen molar-refractivity contribution in [3.8, 4) is 0 Å². The molecule has 0 aromatic heterocycles. The number of piperidine rings is 2. The number of nitrogens with one attached hydrogen (secondary N) is 2. The molecule has 6 nitrogen and oxygen atoms in total. The van der Waals surface area contributed by atoms with Gasteiger partial charge in [-0.1, -0.05) is 0 Å². The van der Waals surface area contributed by atoms with Crippen LogP contribution in [0.1, 0.15) is 25.7 Å². The maximum atomic E-state index is 12.4. The molecule has 3 aliphatic rings. The first kappa shape index (κ1) is 15.7. The molecular formula is C16H28N4O2. The number of hydrogen-bond acceptors (Lipinski definition) is 4. The second-order valence-corrected chi connectivity index (χ2v) is 6.80. The average molecular weight is 308 g/mol. The van der Waals surface area contributed by atoms with Gasteiger partial charge < -0.3 is 20.4 Å². The van der Waals surface area contributed by atoms with Crippen molar-refractivity contribution in [2.75, 3.05) is 52.4 Å². The lowest BCUT2D eigenvalue weighted by molar-refractivity contribution is -0.142. The fourth-order valence-corrected chi connectivity index (χ4v) is 4.01. The molecule has 124 valence electrons. The average Bonchev–Trinajstić information content (AvgIpc) is 2.58. The zero-order valence-electron chi connectivity index (χ0n) is 13.4. The first-order valence-electron chi connectivity index (χ1n) is 8.71. The summed E-state index contributed by atoms with van der Waals surface area (Å²) in [4.78, 5) is 27.8. The Kier molecular flexibility index (Phi) is 5.31. The normalized spacial score (nSPS) is 25.5. The van der Waals surface area contributed by atoms with E-state index in [4.69, 9.17) is 0 Å². The van der Waals surface area contributed by atoms with Crippen LogP contribution in [-0.2, 0) is 9.59 Å². The second-order valence-electron chi connectivity index (χ2n) is 6.80. The van der Waals surface area contributed by atoms with Gasteiger partial charge in [-0.15, -0.1) is 0 Å². The maximum absolute atomic E-state index is 12.4. The summed E-state index contributed by atoms with van der Waals surface area (Å²) >= 11 is 0. The maximum Gasteiger partial charge on any atom is 0.242 e. The smallest absolute Gasteiger partial charge is 0.242 e. The molecule has 3 saturated heterocycles. The summed E-state index contributed by atoms with van der Waals surface area (Å²) in [7, 11) is 0. The van der Waals surface area contributed by atoms with Gasteiger partial charge >= 0.3 is 0 Å². The molecule has 0 radical (unpaired) electrons. The van der Waals surface area contributed by atoms with Gasteiger partial charge in [-0.3, -0.25) is 9.59 Å². The summed E-state index contributed by atoms with van der Waals surface area (Å²) in [5.74, 6) is 1.79. The summed E-state index contributed by atoms with van der Waals surface area (Å²) in [5, 5.41) is 6.46. The molecule has 3 heterocycles. The molecule has 0 saturated carbocycles. The van der Waals surface area contributed by atoms with Crippen LogP contribution < -0.4 is 10.6 Å². The molecule has 2 N–H and O–H groups in total. The van der Waals surface area contributed by atoms with Crippen LogP contribution in [0.15, 0.2) is 0 Å². The largest absolute Gasteiger partial charge is 0.341 e. The zero-order chi connectivity index (χ0) is 15.4. The molecule has 0 aromatic rings. The molecular weight excluding hydrogens is 280 g/mol. The molecule has 0 aliphatic carbocycles. The van der Waals surface area contributed by atoms with Crippen LogP contribution in [0.25, 0.3) is 0 Å². The van der Waals surface area contributed by atoms with Crippen molar-refractivity contribution in [2.24, 2.45) is 11.8 Å². The molecule has 0 spiro atoms. The van der Waals surface area contributed by atoms with Crippen molar-refractivity contribution in [2.45, 2.75) is 25.7 Å². The van der Waals surface area contributed by atoms with E-state index in [1.807, 2.05) is 4.90 Å². The van der Waals surface area contributed by atoms with Crippen molar-refractivity contribution >= 4 is 11.8 Å². The van der Waals surface area contributed by atoms with Crippen molar-refractivity contribution < 1.29 is 9.59 Å². The van der Waals surface area contributed by atoms with E-state index in [0.717, 1.165) is 57.4 Å². The SMILES string of the molecule is O=C(CN1CCNCC1=O)N1CCC(C2CCNCC2)CC1. The fraction of sp³-hybridized carbons (Fsp3) is 0.875. The van der Waals surface area contributed by atoms with Gasteiger partial charge in [0.25, 0.3) is 0 Å². The molecule has 0 atom stereocenters.